The fourth-order valence-corrected chi connectivity index (χ4v) is 2.18. The molecule has 0 aromatic heterocycles. The van der Waals surface area contributed by atoms with E-state index >= 15 is 0 Å². The summed E-state index contributed by atoms with van der Waals surface area (Å²) in [6.07, 6.45) is 1.76. The molecule has 1 aliphatic rings. The number of para-hydroxylation sites is 1. The summed E-state index contributed by atoms with van der Waals surface area (Å²) in [5.74, 6) is 1.71. The van der Waals surface area contributed by atoms with E-state index in [0.717, 1.165) is 24.2 Å². The monoisotopic (exact) mass is 254 g/mol. The lowest BCUT2D eigenvalue weighted by atomic mass is 10.1. The second-order valence-electron chi connectivity index (χ2n) is 4.55. The summed E-state index contributed by atoms with van der Waals surface area (Å²) in [5, 5.41) is 0. The number of aldehydes is 1. The smallest absolute Gasteiger partial charge is 0.150 e. The molecule has 0 saturated heterocycles. The number of fused-ring (bicyclic) bond motifs is 1. The van der Waals surface area contributed by atoms with Crippen LogP contribution in [0.1, 0.15) is 15.9 Å². The number of carbonyl (C=O) groups excluding carboxylic acids is 1. The van der Waals surface area contributed by atoms with Crippen LogP contribution >= 0.6 is 0 Å². The van der Waals surface area contributed by atoms with Gasteiger partial charge < -0.3 is 9.47 Å². The van der Waals surface area contributed by atoms with Gasteiger partial charge in [0.05, 0.1) is 0 Å². The Morgan fingerprint density at radius 1 is 1.16 bits per heavy atom. The van der Waals surface area contributed by atoms with Crippen molar-refractivity contribution in [1.82, 2.24) is 0 Å². The number of hydrogen-bond acceptors (Lipinski definition) is 3. The SMILES string of the molecule is O=Cc1ccc(OCC2Cc3ccccc3O2)cc1. The van der Waals surface area contributed by atoms with E-state index in [2.05, 4.69) is 6.07 Å². The van der Waals surface area contributed by atoms with Gasteiger partial charge in [-0.25, -0.2) is 0 Å². The molecule has 1 unspecified atom stereocenters. The van der Waals surface area contributed by atoms with Gasteiger partial charge >= 0.3 is 0 Å². The van der Waals surface area contributed by atoms with Crippen LogP contribution < -0.4 is 9.47 Å². The Hall–Kier alpha value is -2.29. The molecule has 3 nitrogen and oxygen atoms in total. The van der Waals surface area contributed by atoms with Crippen molar-refractivity contribution < 1.29 is 14.3 Å². The standard InChI is InChI=1S/C16H14O3/c17-10-12-5-7-14(8-6-12)18-11-15-9-13-3-1-2-4-16(13)19-15/h1-8,10,15H,9,11H2. The van der Waals surface area contributed by atoms with Gasteiger partial charge in [0.25, 0.3) is 0 Å². The van der Waals surface area contributed by atoms with E-state index in [-0.39, 0.29) is 6.10 Å². The topological polar surface area (TPSA) is 35.5 Å². The highest BCUT2D eigenvalue weighted by molar-refractivity contribution is 5.74. The van der Waals surface area contributed by atoms with Crippen LogP contribution in [0.15, 0.2) is 48.5 Å². The highest BCUT2D eigenvalue weighted by Gasteiger charge is 2.22. The Balaban J connectivity index is 1.58. The minimum absolute atomic E-state index is 0.0585. The first-order valence-corrected chi connectivity index (χ1v) is 6.28. The Bertz CT molecular complexity index is 550. The second kappa shape index (κ2) is 5.14. The van der Waals surface area contributed by atoms with Crippen LogP contribution in [0.4, 0.5) is 0 Å². The van der Waals surface area contributed by atoms with Crippen molar-refractivity contribution in [2.24, 2.45) is 0 Å². The van der Waals surface area contributed by atoms with Crippen molar-refractivity contribution in [3.63, 3.8) is 0 Å². The fourth-order valence-electron chi connectivity index (χ4n) is 2.18. The van der Waals surface area contributed by atoms with E-state index in [9.17, 15) is 4.79 Å². The highest BCUT2D eigenvalue weighted by Crippen LogP contribution is 2.28. The van der Waals surface area contributed by atoms with E-state index < -0.39 is 0 Å². The van der Waals surface area contributed by atoms with Gasteiger partial charge in [-0.1, -0.05) is 18.2 Å². The molecule has 0 amide bonds. The maximum Gasteiger partial charge on any atom is 0.150 e. The number of hydrogen-bond donors (Lipinski definition) is 0. The first-order valence-electron chi connectivity index (χ1n) is 6.28. The first-order chi connectivity index (χ1) is 9.35. The molecular formula is C16H14O3. The predicted octanol–water partition coefficient (Wildman–Crippen LogP) is 2.88. The van der Waals surface area contributed by atoms with Crippen molar-refractivity contribution in [3.8, 4) is 11.5 Å². The van der Waals surface area contributed by atoms with Crippen LogP contribution in [0.25, 0.3) is 0 Å². The van der Waals surface area contributed by atoms with Crippen LogP contribution in [-0.4, -0.2) is 19.0 Å². The van der Waals surface area contributed by atoms with Crippen molar-refractivity contribution >= 4 is 6.29 Å². The molecule has 1 aliphatic heterocycles. The maximum absolute atomic E-state index is 10.5. The molecule has 2 aromatic carbocycles. The van der Waals surface area contributed by atoms with Crippen LogP contribution in [0, 0.1) is 0 Å². The summed E-state index contributed by atoms with van der Waals surface area (Å²) in [4.78, 5) is 10.5. The molecule has 0 saturated carbocycles. The van der Waals surface area contributed by atoms with Crippen molar-refractivity contribution in [1.29, 1.82) is 0 Å². The maximum atomic E-state index is 10.5. The zero-order valence-corrected chi connectivity index (χ0v) is 10.4. The molecule has 3 heteroatoms. The molecule has 19 heavy (non-hydrogen) atoms. The third kappa shape index (κ3) is 2.60. The van der Waals surface area contributed by atoms with Gasteiger partial charge in [-0.05, 0) is 35.9 Å². The lowest BCUT2D eigenvalue weighted by Crippen LogP contribution is -2.22. The summed E-state index contributed by atoms with van der Waals surface area (Å²) in [6, 6.07) is 15.1. The molecule has 0 spiro atoms. The Morgan fingerprint density at radius 2 is 1.95 bits per heavy atom. The summed E-state index contributed by atoms with van der Waals surface area (Å²) in [6.45, 7) is 0.509. The van der Waals surface area contributed by atoms with Gasteiger partial charge in [-0.2, -0.15) is 0 Å². The van der Waals surface area contributed by atoms with Gasteiger partial charge in [0.2, 0.25) is 0 Å². The summed E-state index contributed by atoms with van der Waals surface area (Å²) in [7, 11) is 0. The molecule has 1 heterocycles. The quantitative estimate of drug-likeness (QED) is 0.787. The summed E-state index contributed by atoms with van der Waals surface area (Å²) in [5.41, 5.74) is 1.88. The molecule has 0 N–H and O–H groups in total. The Labute approximate surface area is 111 Å². The molecule has 3 rings (SSSR count). The molecule has 1 atom stereocenters. The third-order valence-corrected chi connectivity index (χ3v) is 3.17. The van der Waals surface area contributed by atoms with Gasteiger partial charge in [-0.3, -0.25) is 4.79 Å². The minimum Gasteiger partial charge on any atom is -0.490 e. The van der Waals surface area contributed by atoms with Crippen LogP contribution in [-0.2, 0) is 6.42 Å². The predicted molar refractivity (Wildman–Crippen MR) is 71.9 cm³/mol. The Kier molecular flexibility index (Phi) is 3.19. The molecule has 2 aromatic rings. The highest BCUT2D eigenvalue weighted by atomic mass is 16.5. The summed E-state index contributed by atoms with van der Waals surface area (Å²) < 4.78 is 11.5. The zero-order valence-electron chi connectivity index (χ0n) is 10.4. The van der Waals surface area contributed by atoms with E-state index in [1.807, 2.05) is 18.2 Å². The zero-order chi connectivity index (χ0) is 13.1. The largest absolute Gasteiger partial charge is 0.490 e. The fraction of sp³-hybridized carbons (Fsp3) is 0.188. The molecule has 0 bridgehead atoms. The van der Waals surface area contributed by atoms with E-state index in [0.29, 0.717) is 12.2 Å². The van der Waals surface area contributed by atoms with E-state index in [1.165, 1.54) is 5.56 Å². The Morgan fingerprint density at radius 3 is 2.68 bits per heavy atom. The molecular weight excluding hydrogens is 240 g/mol. The van der Waals surface area contributed by atoms with Crippen LogP contribution in [0.2, 0.25) is 0 Å². The lowest BCUT2D eigenvalue weighted by molar-refractivity contribution is 0.112. The van der Waals surface area contributed by atoms with Gasteiger partial charge in [-0.15, -0.1) is 0 Å². The minimum atomic E-state index is 0.0585. The van der Waals surface area contributed by atoms with Gasteiger partial charge in [0, 0.05) is 12.0 Å². The van der Waals surface area contributed by atoms with Gasteiger partial charge in [0.1, 0.15) is 30.5 Å². The number of carbonyl (C=O) groups is 1. The summed E-state index contributed by atoms with van der Waals surface area (Å²) >= 11 is 0. The average Bonchev–Trinajstić information content (AvgIpc) is 2.88. The molecule has 96 valence electrons. The normalized spacial score (nSPS) is 16.5. The van der Waals surface area contributed by atoms with Crippen molar-refractivity contribution in [3.05, 3.63) is 59.7 Å². The van der Waals surface area contributed by atoms with Crippen molar-refractivity contribution in [2.45, 2.75) is 12.5 Å². The van der Waals surface area contributed by atoms with Gasteiger partial charge in [0.15, 0.2) is 0 Å². The molecule has 0 aliphatic carbocycles. The van der Waals surface area contributed by atoms with Crippen LogP contribution in [0.3, 0.4) is 0 Å². The molecule has 0 fully saturated rings. The number of ether oxygens (including phenoxy) is 2. The number of benzene rings is 2. The van der Waals surface area contributed by atoms with Crippen molar-refractivity contribution in [2.75, 3.05) is 6.61 Å². The van der Waals surface area contributed by atoms with Crippen LogP contribution in [0.5, 0.6) is 11.5 Å². The third-order valence-electron chi connectivity index (χ3n) is 3.17. The number of rotatable bonds is 4. The van der Waals surface area contributed by atoms with E-state index in [4.69, 9.17) is 9.47 Å². The van der Waals surface area contributed by atoms with E-state index in [1.54, 1.807) is 24.3 Å². The second-order valence-corrected chi connectivity index (χ2v) is 4.55. The molecule has 0 radical (unpaired) electrons. The lowest BCUT2D eigenvalue weighted by Gasteiger charge is -2.12. The first kappa shape index (κ1) is 11.8. The average molecular weight is 254 g/mol.